The quantitative estimate of drug-likeness (QED) is 0.557. The molecule has 0 bridgehead atoms. The third-order valence-electron chi connectivity index (χ3n) is 4.18. The molecule has 0 aliphatic rings. The minimum Gasteiger partial charge on any atom is -0.377 e. The van der Waals surface area contributed by atoms with Gasteiger partial charge in [-0.25, -0.2) is 4.98 Å². The Labute approximate surface area is 155 Å². The van der Waals surface area contributed by atoms with E-state index in [9.17, 15) is 0 Å². The molecule has 0 saturated carbocycles. The van der Waals surface area contributed by atoms with Crippen molar-refractivity contribution in [1.82, 2.24) is 24.8 Å². The average molecular weight is 364 g/mol. The number of anilines is 1. The molecule has 0 unspecified atom stereocenters. The lowest BCUT2D eigenvalue weighted by molar-refractivity contribution is 0.902. The molecule has 0 fully saturated rings. The highest BCUT2D eigenvalue weighted by Gasteiger charge is 2.12. The molecule has 0 atom stereocenters. The van der Waals surface area contributed by atoms with Crippen LogP contribution in [0.2, 0.25) is 0 Å². The number of fused-ring (bicyclic) bond motifs is 1. The van der Waals surface area contributed by atoms with Gasteiger partial charge in [0.1, 0.15) is 6.33 Å². The second-order valence-electron chi connectivity index (χ2n) is 6.13. The summed E-state index contributed by atoms with van der Waals surface area (Å²) in [5, 5.41) is 17.5. The maximum Gasteiger partial charge on any atom is 0.200 e. The fraction of sp³-hybridized carbons (Fsp3) is 0.263. The van der Waals surface area contributed by atoms with Gasteiger partial charge < -0.3 is 5.32 Å². The van der Waals surface area contributed by atoms with Gasteiger partial charge in [0.05, 0.1) is 28.6 Å². The van der Waals surface area contributed by atoms with Gasteiger partial charge in [0, 0.05) is 10.4 Å². The van der Waals surface area contributed by atoms with Crippen LogP contribution in [0.15, 0.2) is 42.7 Å². The molecule has 1 aromatic carbocycles. The van der Waals surface area contributed by atoms with Crippen molar-refractivity contribution in [2.45, 2.75) is 33.2 Å². The van der Waals surface area contributed by atoms with E-state index in [0.717, 1.165) is 41.1 Å². The summed E-state index contributed by atoms with van der Waals surface area (Å²) in [5.74, 6) is 0. The molecular weight excluding hydrogens is 344 g/mol. The van der Waals surface area contributed by atoms with Crippen LogP contribution in [0, 0.1) is 6.92 Å². The van der Waals surface area contributed by atoms with E-state index in [1.54, 1.807) is 22.2 Å². The van der Waals surface area contributed by atoms with Gasteiger partial charge >= 0.3 is 0 Å². The van der Waals surface area contributed by atoms with Gasteiger partial charge in [-0.15, -0.1) is 21.5 Å². The third kappa shape index (κ3) is 3.30. The van der Waals surface area contributed by atoms with E-state index in [2.05, 4.69) is 39.4 Å². The number of hydrogen-bond donors (Lipinski definition) is 1. The maximum atomic E-state index is 4.66. The van der Waals surface area contributed by atoms with E-state index in [1.807, 2.05) is 36.4 Å². The van der Waals surface area contributed by atoms with Crippen LogP contribution < -0.4 is 5.32 Å². The number of thiazole rings is 1. The van der Waals surface area contributed by atoms with Gasteiger partial charge in [0.2, 0.25) is 5.65 Å². The summed E-state index contributed by atoms with van der Waals surface area (Å²) in [6.07, 6.45) is 3.78. The molecule has 26 heavy (non-hydrogen) atoms. The summed E-state index contributed by atoms with van der Waals surface area (Å²) < 4.78 is 1.71. The van der Waals surface area contributed by atoms with Crippen LogP contribution in [0.1, 0.15) is 28.9 Å². The van der Waals surface area contributed by atoms with E-state index >= 15 is 0 Å². The molecule has 0 saturated heterocycles. The Balaban J connectivity index is 1.64. The number of benzene rings is 1. The summed E-state index contributed by atoms with van der Waals surface area (Å²) in [7, 11) is 0. The summed E-state index contributed by atoms with van der Waals surface area (Å²) >= 11 is 1.78. The summed E-state index contributed by atoms with van der Waals surface area (Å²) in [5.41, 5.74) is 4.68. The number of nitrogens with zero attached hydrogens (tertiary/aromatic N) is 5. The Morgan fingerprint density at radius 3 is 2.85 bits per heavy atom. The summed E-state index contributed by atoms with van der Waals surface area (Å²) in [6.45, 7) is 4.97. The second-order valence-corrected chi connectivity index (χ2v) is 7.30. The number of nitrogens with one attached hydrogen (secondary N) is 1. The van der Waals surface area contributed by atoms with Crippen molar-refractivity contribution in [1.29, 1.82) is 0 Å². The Hall–Kier alpha value is -2.80. The zero-order valence-corrected chi connectivity index (χ0v) is 15.6. The van der Waals surface area contributed by atoms with Gasteiger partial charge in [-0.1, -0.05) is 37.3 Å². The Kier molecular flexibility index (Phi) is 4.62. The van der Waals surface area contributed by atoms with Gasteiger partial charge in [-0.3, -0.25) is 0 Å². The first-order valence-corrected chi connectivity index (χ1v) is 9.51. The van der Waals surface area contributed by atoms with Gasteiger partial charge in [-0.2, -0.15) is 9.61 Å². The van der Waals surface area contributed by atoms with Gasteiger partial charge in [0.15, 0.2) is 0 Å². The first-order chi connectivity index (χ1) is 12.7. The van der Waals surface area contributed by atoms with E-state index in [4.69, 9.17) is 0 Å². The maximum absolute atomic E-state index is 4.66. The SMILES string of the molecule is CCCc1nc(C)c(CNc2cc(-c3ccccc3)nn3cnnc23)s1. The van der Waals surface area contributed by atoms with Crippen molar-refractivity contribution in [3.8, 4) is 11.3 Å². The smallest absolute Gasteiger partial charge is 0.200 e. The third-order valence-corrected chi connectivity index (χ3v) is 5.39. The Morgan fingerprint density at radius 2 is 2.04 bits per heavy atom. The first-order valence-electron chi connectivity index (χ1n) is 8.70. The highest BCUT2D eigenvalue weighted by Crippen LogP contribution is 2.25. The van der Waals surface area contributed by atoms with Crippen LogP contribution in [-0.4, -0.2) is 24.8 Å². The molecule has 3 heterocycles. The minimum atomic E-state index is 0.716. The van der Waals surface area contributed by atoms with Crippen LogP contribution in [0.5, 0.6) is 0 Å². The first kappa shape index (κ1) is 16.7. The zero-order chi connectivity index (χ0) is 17.9. The Bertz CT molecular complexity index is 1020. The fourth-order valence-corrected chi connectivity index (χ4v) is 3.97. The Morgan fingerprint density at radius 1 is 1.19 bits per heavy atom. The van der Waals surface area contributed by atoms with Gasteiger partial charge in [0.25, 0.3) is 0 Å². The monoisotopic (exact) mass is 364 g/mol. The van der Waals surface area contributed by atoms with Crippen molar-refractivity contribution in [3.05, 3.63) is 58.3 Å². The normalized spacial score (nSPS) is 11.2. The van der Waals surface area contributed by atoms with E-state index in [1.165, 1.54) is 9.88 Å². The molecule has 3 aromatic heterocycles. The highest BCUT2D eigenvalue weighted by molar-refractivity contribution is 7.11. The largest absolute Gasteiger partial charge is 0.377 e. The van der Waals surface area contributed by atoms with Crippen LogP contribution in [0.25, 0.3) is 16.9 Å². The average Bonchev–Trinajstić information content (AvgIpc) is 3.27. The van der Waals surface area contributed by atoms with E-state index in [-0.39, 0.29) is 0 Å². The predicted molar refractivity (Wildman–Crippen MR) is 104 cm³/mol. The molecule has 4 rings (SSSR count). The molecule has 0 spiro atoms. The van der Waals surface area contributed by atoms with Crippen molar-refractivity contribution in [2.75, 3.05) is 5.32 Å². The number of hydrogen-bond acceptors (Lipinski definition) is 6. The molecular formula is C19H20N6S. The summed E-state index contributed by atoms with van der Waals surface area (Å²) in [4.78, 5) is 5.92. The highest BCUT2D eigenvalue weighted by atomic mass is 32.1. The van der Waals surface area contributed by atoms with Crippen LogP contribution in [-0.2, 0) is 13.0 Å². The molecule has 0 aliphatic carbocycles. The molecule has 1 N–H and O–H groups in total. The number of aromatic nitrogens is 5. The molecule has 4 aromatic rings. The van der Waals surface area contributed by atoms with Crippen LogP contribution >= 0.6 is 11.3 Å². The van der Waals surface area contributed by atoms with Gasteiger partial charge in [-0.05, 0) is 25.8 Å². The fourth-order valence-electron chi connectivity index (χ4n) is 2.86. The van der Waals surface area contributed by atoms with Crippen molar-refractivity contribution in [2.24, 2.45) is 0 Å². The van der Waals surface area contributed by atoms with Crippen molar-refractivity contribution < 1.29 is 0 Å². The lowest BCUT2D eigenvalue weighted by Crippen LogP contribution is -2.04. The molecule has 7 heteroatoms. The standard InChI is InChI=1S/C19H20N6S/c1-3-7-18-22-13(2)17(26-18)11-20-16-10-15(14-8-5-4-6-9-14)24-25-12-21-23-19(16)25/h4-6,8-10,12,20H,3,7,11H2,1-2H3. The molecule has 0 aliphatic heterocycles. The lowest BCUT2D eigenvalue weighted by atomic mass is 10.1. The van der Waals surface area contributed by atoms with Crippen LogP contribution in [0.4, 0.5) is 5.69 Å². The lowest BCUT2D eigenvalue weighted by Gasteiger charge is -2.09. The molecule has 0 radical (unpaired) electrons. The van der Waals surface area contributed by atoms with Crippen LogP contribution in [0.3, 0.4) is 0 Å². The summed E-state index contributed by atoms with van der Waals surface area (Å²) in [6, 6.07) is 12.1. The second kappa shape index (κ2) is 7.21. The zero-order valence-electron chi connectivity index (χ0n) is 14.8. The van der Waals surface area contributed by atoms with Crippen molar-refractivity contribution >= 4 is 22.7 Å². The van der Waals surface area contributed by atoms with Crippen molar-refractivity contribution in [3.63, 3.8) is 0 Å². The predicted octanol–water partition coefficient (Wildman–Crippen LogP) is 4.12. The molecule has 6 nitrogen and oxygen atoms in total. The number of aryl methyl sites for hydroxylation is 2. The van der Waals surface area contributed by atoms with E-state index < -0.39 is 0 Å². The number of rotatable bonds is 6. The molecule has 132 valence electrons. The topological polar surface area (TPSA) is 68.0 Å². The van der Waals surface area contributed by atoms with E-state index in [0.29, 0.717) is 6.54 Å². The minimum absolute atomic E-state index is 0.716. The molecule has 0 amide bonds.